The molecule has 1 N–H and O–H groups in total. The number of hydrogen-bond donors (Lipinski definition) is 1. The smallest absolute Gasteiger partial charge is 0.307 e. The highest BCUT2D eigenvalue weighted by Gasteiger charge is 2.15. The van der Waals surface area contributed by atoms with Crippen molar-refractivity contribution >= 4 is 27.3 Å². The molecule has 0 spiro atoms. The van der Waals surface area contributed by atoms with Crippen LogP contribution in [0, 0.1) is 13.8 Å². The van der Waals surface area contributed by atoms with Crippen LogP contribution in [0.5, 0.6) is 0 Å². The fraction of sp³-hybridized carbons (Fsp3) is 0.312. The number of benzene rings is 1. The summed E-state index contributed by atoms with van der Waals surface area (Å²) in [6.45, 7) is 4.18. The van der Waals surface area contributed by atoms with Crippen LogP contribution in [0.3, 0.4) is 0 Å². The summed E-state index contributed by atoms with van der Waals surface area (Å²) in [5, 5.41) is 1.69. The van der Waals surface area contributed by atoms with Crippen molar-refractivity contribution in [2.75, 3.05) is 6.54 Å². The second kappa shape index (κ2) is 7.72. The Kier molecular flexibility index (Phi) is 5.92. The Morgan fingerprint density at radius 1 is 1.22 bits per heavy atom. The molecule has 0 bridgehead atoms. The summed E-state index contributed by atoms with van der Waals surface area (Å²) >= 11 is 1.13. The first kappa shape index (κ1) is 17.7. The minimum absolute atomic E-state index is 0.00456. The fourth-order valence-corrected chi connectivity index (χ4v) is 4.23. The molecule has 0 saturated heterocycles. The number of hydrogen-bond acceptors (Lipinski definition) is 5. The highest BCUT2D eigenvalue weighted by Crippen LogP contribution is 2.15. The third kappa shape index (κ3) is 5.46. The molecule has 1 aromatic carbocycles. The lowest BCUT2D eigenvalue weighted by molar-refractivity contribution is -0.144. The molecule has 0 atom stereocenters. The van der Waals surface area contributed by atoms with Gasteiger partial charge in [0.15, 0.2) is 0 Å². The van der Waals surface area contributed by atoms with Crippen molar-refractivity contribution in [3.05, 3.63) is 52.4 Å². The maximum absolute atomic E-state index is 11.9. The van der Waals surface area contributed by atoms with Gasteiger partial charge in [-0.25, -0.2) is 13.1 Å². The number of carbonyl (C=O) groups excluding carboxylic acids is 1. The standard InChI is InChI=1S/C16H19NO4S2/c1-12-8-13(2)10-14(9-12)11-21-15(18)5-6-17-23(19,20)16-4-3-7-22-16/h3-4,7-10,17H,5-6,11H2,1-2H3. The van der Waals surface area contributed by atoms with Crippen molar-refractivity contribution in [3.63, 3.8) is 0 Å². The normalized spacial score (nSPS) is 11.4. The molecule has 1 aromatic heterocycles. The van der Waals surface area contributed by atoms with E-state index in [0.29, 0.717) is 0 Å². The third-order valence-electron chi connectivity index (χ3n) is 3.06. The average molecular weight is 353 g/mol. The van der Waals surface area contributed by atoms with Crippen LogP contribution >= 0.6 is 11.3 Å². The molecule has 0 radical (unpaired) electrons. The first-order valence-electron chi connectivity index (χ1n) is 7.13. The topological polar surface area (TPSA) is 72.5 Å². The van der Waals surface area contributed by atoms with Gasteiger partial charge < -0.3 is 4.74 Å². The molecule has 5 nitrogen and oxygen atoms in total. The minimum Gasteiger partial charge on any atom is -0.461 e. The molecule has 2 aromatic rings. The van der Waals surface area contributed by atoms with E-state index in [4.69, 9.17) is 4.74 Å². The predicted molar refractivity (Wildman–Crippen MR) is 89.8 cm³/mol. The number of ether oxygens (including phenoxy) is 1. The average Bonchev–Trinajstić information content (AvgIpc) is 2.99. The molecule has 0 amide bonds. The van der Waals surface area contributed by atoms with E-state index in [1.807, 2.05) is 32.0 Å². The minimum atomic E-state index is -3.53. The molecule has 7 heteroatoms. The van der Waals surface area contributed by atoms with Gasteiger partial charge in [-0.1, -0.05) is 35.4 Å². The Hall–Kier alpha value is -1.70. The van der Waals surface area contributed by atoms with E-state index < -0.39 is 16.0 Å². The number of sulfonamides is 1. The second-order valence-electron chi connectivity index (χ2n) is 5.24. The third-order valence-corrected chi connectivity index (χ3v) is 5.92. The summed E-state index contributed by atoms with van der Waals surface area (Å²) in [5.41, 5.74) is 3.15. The van der Waals surface area contributed by atoms with Gasteiger partial charge in [-0.2, -0.15) is 0 Å². The zero-order chi connectivity index (χ0) is 16.9. The van der Waals surface area contributed by atoms with Crippen LogP contribution in [0.25, 0.3) is 0 Å². The lowest BCUT2D eigenvalue weighted by Crippen LogP contribution is -2.26. The maximum Gasteiger partial charge on any atom is 0.307 e. The van der Waals surface area contributed by atoms with E-state index in [-0.39, 0.29) is 23.8 Å². The highest BCUT2D eigenvalue weighted by atomic mass is 32.2. The van der Waals surface area contributed by atoms with Gasteiger partial charge >= 0.3 is 5.97 Å². The van der Waals surface area contributed by atoms with Gasteiger partial charge in [-0.05, 0) is 30.9 Å². The highest BCUT2D eigenvalue weighted by molar-refractivity contribution is 7.91. The van der Waals surface area contributed by atoms with Crippen molar-refractivity contribution in [1.29, 1.82) is 0 Å². The van der Waals surface area contributed by atoms with Gasteiger partial charge in [-0.15, -0.1) is 11.3 Å². The second-order valence-corrected chi connectivity index (χ2v) is 8.18. The van der Waals surface area contributed by atoms with E-state index in [2.05, 4.69) is 4.72 Å². The summed E-state index contributed by atoms with van der Waals surface area (Å²) in [6, 6.07) is 9.15. The molecule has 23 heavy (non-hydrogen) atoms. The lowest BCUT2D eigenvalue weighted by Gasteiger charge is -2.08. The molecular formula is C16H19NO4S2. The molecular weight excluding hydrogens is 334 g/mol. The zero-order valence-electron chi connectivity index (χ0n) is 13.0. The first-order chi connectivity index (χ1) is 10.9. The van der Waals surface area contributed by atoms with Crippen LogP contribution in [0.15, 0.2) is 39.9 Å². The summed E-state index contributed by atoms with van der Waals surface area (Å²) < 4.78 is 31.6. The first-order valence-corrected chi connectivity index (χ1v) is 9.49. The van der Waals surface area contributed by atoms with Crippen LogP contribution in [-0.4, -0.2) is 20.9 Å². The lowest BCUT2D eigenvalue weighted by atomic mass is 10.1. The zero-order valence-corrected chi connectivity index (χ0v) is 14.7. The molecule has 0 aliphatic carbocycles. The molecule has 1 heterocycles. The van der Waals surface area contributed by atoms with Crippen LogP contribution in [0.2, 0.25) is 0 Å². The van der Waals surface area contributed by atoms with Crippen LogP contribution < -0.4 is 4.72 Å². The van der Waals surface area contributed by atoms with E-state index in [0.717, 1.165) is 28.0 Å². The van der Waals surface area contributed by atoms with Crippen LogP contribution in [0.1, 0.15) is 23.1 Å². The molecule has 0 aliphatic rings. The van der Waals surface area contributed by atoms with Gasteiger partial charge in [0.25, 0.3) is 0 Å². The fourth-order valence-electron chi connectivity index (χ4n) is 2.16. The van der Waals surface area contributed by atoms with E-state index in [1.54, 1.807) is 11.4 Å². The molecule has 124 valence electrons. The van der Waals surface area contributed by atoms with E-state index in [9.17, 15) is 13.2 Å². The Bertz CT molecular complexity index is 747. The van der Waals surface area contributed by atoms with Crippen molar-refractivity contribution in [2.45, 2.75) is 31.1 Å². The number of nitrogens with one attached hydrogen (secondary N) is 1. The van der Waals surface area contributed by atoms with Gasteiger partial charge in [-0.3, -0.25) is 4.79 Å². The van der Waals surface area contributed by atoms with E-state index in [1.165, 1.54) is 6.07 Å². The Morgan fingerprint density at radius 3 is 2.52 bits per heavy atom. The number of rotatable bonds is 7. The Labute approximate surface area is 140 Å². The van der Waals surface area contributed by atoms with Gasteiger partial charge in [0.05, 0.1) is 6.42 Å². The summed E-state index contributed by atoms with van der Waals surface area (Å²) in [6.07, 6.45) is -0.00456. The summed E-state index contributed by atoms with van der Waals surface area (Å²) in [4.78, 5) is 11.7. The van der Waals surface area contributed by atoms with Crippen LogP contribution in [0.4, 0.5) is 0 Å². The van der Waals surface area contributed by atoms with Gasteiger partial charge in [0, 0.05) is 6.54 Å². The Morgan fingerprint density at radius 2 is 1.91 bits per heavy atom. The number of thiophene rings is 1. The number of carbonyl (C=O) groups is 1. The quantitative estimate of drug-likeness (QED) is 0.777. The number of esters is 1. The van der Waals surface area contributed by atoms with Crippen molar-refractivity contribution in [1.82, 2.24) is 4.72 Å². The number of aryl methyl sites for hydroxylation is 2. The summed E-state index contributed by atoms with van der Waals surface area (Å²) in [7, 11) is -3.53. The molecule has 2 rings (SSSR count). The molecule has 0 saturated carbocycles. The van der Waals surface area contributed by atoms with Gasteiger partial charge in [0.1, 0.15) is 10.8 Å². The van der Waals surface area contributed by atoms with Crippen LogP contribution in [-0.2, 0) is 26.2 Å². The van der Waals surface area contributed by atoms with E-state index >= 15 is 0 Å². The molecule has 0 fully saturated rings. The van der Waals surface area contributed by atoms with Gasteiger partial charge in [0.2, 0.25) is 10.0 Å². The largest absolute Gasteiger partial charge is 0.461 e. The SMILES string of the molecule is Cc1cc(C)cc(COC(=O)CCNS(=O)(=O)c2cccs2)c1. The summed E-state index contributed by atoms with van der Waals surface area (Å²) in [5.74, 6) is -0.432. The van der Waals surface area contributed by atoms with Crippen molar-refractivity contribution < 1.29 is 17.9 Å². The predicted octanol–water partition coefficient (Wildman–Crippen LogP) is 2.78. The maximum atomic E-state index is 11.9. The monoisotopic (exact) mass is 353 g/mol. The molecule has 0 unspecified atom stereocenters. The van der Waals surface area contributed by atoms with Crippen molar-refractivity contribution in [2.24, 2.45) is 0 Å². The van der Waals surface area contributed by atoms with Crippen molar-refractivity contribution in [3.8, 4) is 0 Å². The molecule has 0 aliphatic heterocycles. The Balaban J connectivity index is 1.77.